The predicted molar refractivity (Wildman–Crippen MR) is 68.0 cm³/mol. The summed E-state index contributed by atoms with van der Waals surface area (Å²) in [4.78, 5) is 23.2. The van der Waals surface area contributed by atoms with E-state index in [9.17, 15) is 22.8 Å². The van der Waals surface area contributed by atoms with Crippen LogP contribution in [0.3, 0.4) is 0 Å². The summed E-state index contributed by atoms with van der Waals surface area (Å²) in [5.41, 5.74) is -0.498. The Balaban J connectivity index is 2.18. The maximum atomic E-state index is 13.5. The van der Waals surface area contributed by atoms with Crippen LogP contribution in [0.25, 0.3) is 0 Å². The molecule has 3 unspecified atom stereocenters. The standard InChI is InChI=1S/C14H14F3NO3/c1-6-2-7(8(3-6)14(20)21)13(19)18-12-5-10(16)9(15)4-11(12)17/h4-8H,2-3H2,1H3,(H,18,19)(H,20,21). The number of halogens is 3. The second-order valence-corrected chi connectivity index (χ2v) is 5.36. The average molecular weight is 301 g/mol. The number of anilines is 1. The van der Waals surface area contributed by atoms with E-state index >= 15 is 0 Å². The van der Waals surface area contributed by atoms with Gasteiger partial charge < -0.3 is 10.4 Å². The first-order chi connectivity index (χ1) is 9.79. The lowest BCUT2D eigenvalue weighted by Gasteiger charge is -2.16. The molecule has 1 amide bonds. The molecule has 0 spiro atoms. The zero-order valence-electron chi connectivity index (χ0n) is 11.2. The molecule has 0 saturated heterocycles. The van der Waals surface area contributed by atoms with Crippen LogP contribution < -0.4 is 5.32 Å². The molecule has 7 heteroatoms. The highest BCUT2D eigenvalue weighted by Crippen LogP contribution is 2.37. The lowest BCUT2D eigenvalue weighted by molar-refractivity contribution is -0.145. The molecule has 1 saturated carbocycles. The summed E-state index contributed by atoms with van der Waals surface area (Å²) in [5, 5.41) is 11.2. The van der Waals surface area contributed by atoms with Gasteiger partial charge in [0.05, 0.1) is 17.5 Å². The predicted octanol–water partition coefficient (Wildman–Crippen LogP) is 2.79. The van der Waals surface area contributed by atoms with Crippen molar-refractivity contribution >= 4 is 17.6 Å². The fourth-order valence-corrected chi connectivity index (χ4v) is 2.70. The van der Waals surface area contributed by atoms with Gasteiger partial charge in [-0.2, -0.15) is 0 Å². The zero-order chi connectivity index (χ0) is 15.7. The number of benzene rings is 1. The topological polar surface area (TPSA) is 66.4 Å². The van der Waals surface area contributed by atoms with E-state index in [1.165, 1.54) is 0 Å². The Hall–Kier alpha value is -2.05. The van der Waals surface area contributed by atoms with Gasteiger partial charge in [0.1, 0.15) is 5.82 Å². The van der Waals surface area contributed by atoms with Gasteiger partial charge in [0.25, 0.3) is 0 Å². The fraction of sp³-hybridized carbons (Fsp3) is 0.429. The van der Waals surface area contributed by atoms with Gasteiger partial charge in [-0.15, -0.1) is 0 Å². The van der Waals surface area contributed by atoms with Crippen LogP contribution >= 0.6 is 0 Å². The number of carbonyl (C=O) groups is 2. The van der Waals surface area contributed by atoms with Crippen LogP contribution in [0.5, 0.6) is 0 Å². The van der Waals surface area contributed by atoms with Gasteiger partial charge in [-0.3, -0.25) is 9.59 Å². The molecule has 1 aliphatic carbocycles. The Kier molecular flexibility index (Phi) is 4.20. The molecule has 1 aliphatic rings. The monoisotopic (exact) mass is 301 g/mol. The van der Waals surface area contributed by atoms with Crippen molar-refractivity contribution in [3.8, 4) is 0 Å². The van der Waals surface area contributed by atoms with Crippen molar-refractivity contribution in [1.82, 2.24) is 0 Å². The zero-order valence-corrected chi connectivity index (χ0v) is 11.2. The number of carbonyl (C=O) groups excluding carboxylic acids is 1. The number of nitrogens with one attached hydrogen (secondary N) is 1. The molecule has 3 atom stereocenters. The molecule has 0 radical (unpaired) electrons. The highest BCUT2D eigenvalue weighted by Gasteiger charge is 2.41. The van der Waals surface area contributed by atoms with E-state index in [0.717, 1.165) is 0 Å². The van der Waals surface area contributed by atoms with Crippen LogP contribution in [0.15, 0.2) is 12.1 Å². The fourth-order valence-electron chi connectivity index (χ4n) is 2.70. The normalized spacial score (nSPS) is 24.9. The minimum absolute atomic E-state index is 0.0525. The van der Waals surface area contributed by atoms with Gasteiger partial charge in [-0.25, -0.2) is 13.2 Å². The van der Waals surface area contributed by atoms with Crippen LogP contribution in [0.4, 0.5) is 18.9 Å². The van der Waals surface area contributed by atoms with Crippen LogP contribution in [0.2, 0.25) is 0 Å². The third kappa shape index (κ3) is 3.17. The van der Waals surface area contributed by atoms with Crippen molar-refractivity contribution < 1.29 is 27.9 Å². The number of hydrogen-bond donors (Lipinski definition) is 2. The summed E-state index contributed by atoms with van der Waals surface area (Å²) >= 11 is 0. The number of hydrogen-bond acceptors (Lipinski definition) is 2. The average Bonchev–Trinajstić information content (AvgIpc) is 2.78. The van der Waals surface area contributed by atoms with E-state index in [4.69, 9.17) is 5.11 Å². The molecule has 0 bridgehead atoms. The van der Waals surface area contributed by atoms with Gasteiger partial charge >= 0.3 is 5.97 Å². The molecule has 0 aromatic heterocycles. The summed E-state index contributed by atoms with van der Waals surface area (Å²) < 4.78 is 39.4. The van der Waals surface area contributed by atoms with Gasteiger partial charge in [0, 0.05) is 12.1 Å². The van der Waals surface area contributed by atoms with Crippen molar-refractivity contribution in [2.24, 2.45) is 17.8 Å². The Morgan fingerprint density at radius 1 is 1.10 bits per heavy atom. The lowest BCUT2D eigenvalue weighted by Crippen LogP contribution is -2.30. The van der Waals surface area contributed by atoms with Crippen LogP contribution in [-0.2, 0) is 9.59 Å². The molecule has 0 aliphatic heterocycles. The molecule has 1 aromatic carbocycles. The van der Waals surface area contributed by atoms with Crippen molar-refractivity contribution in [1.29, 1.82) is 0 Å². The highest BCUT2D eigenvalue weighted by atomic mass is 19.2. The molecular weight excluding hydrogens is 287 g/mol. The van der Waals surface area contributed by atoms with Crippen LogP contribution in [-0.4, -0.2) is 17.0 Å². The molecule has 114 valence electrons. The van der Waals surface area contributed by atoms with E-state index in [-0.39, 0.29) is 5.92 Å². The summed E-state index contributed by atoms with van der Waals surface area (Å²) in [7, 11) is 0. The summed E-state index contributed by atoms with van der Waals surface area (Å²) in [6.07, 6.45) is 0.710. The number of amides is 1. The first kappa shape index (κ1) is 15.3. The Labute approximate surface area is 119 Å². The van der Waals surface area contributed by atoms with E-state index in [0.29, 0.717) is 25.0 Å². The molecule has 2 rings (SSSR count). The molecule has 0 heterocycles. The third-order valence-electron chi connectivity index (χ3n) is 3.72. The molecule has 4 nitrogen and oxygen atoms in total. The van der Waals surface area contributed by atoms with Crippen molar-refractivity contribution in [2.75, 3.05) is 5.32 Å². The quantitative estimate of drug-likeness (QED) is 0.844. The van der Waals surface area contributed by atoms with Gasteiger partial charge in [-0.05, 0) is 18.8 Å². The third-order valence-corrected chi connectivity index (χ3v) is 3.72. The van der Waals surface area contributed by atoms with Crippen molar-refractivity contribution in [3.05, 3.63) is 29.6 Å². The number of carboxylic acid groups (broad SMARTS) is 1. The molecule has 1 fully saturated rings. The number of aliphatic carboxylic acids is 1. The molecule has 2 N–H and O–H groups in total. The largest absolute Gasteiger partial charge is 0.481 e. The first-order valence-electron chi connectivity index (χ1n) is 6.47. The maximum absolute atomic E-state index is 13.5. The second kappa shape index (κ2) is 5.75. The van der Waals surface area contributed by atoms with Gasteiger partial charge in [-0.1, -0.05) is 6.92 Å². The van der Waals surface area contributed by atoms with Crippen molar-refractivity contribution in [3.63, 3.8) is 0 Å². The van der Waals surface area contributed by atoms with Gasteiger partial charge in [0.2, 0.25) is 5.91 Å². The number of rotatable bonds is 3. The van der Waals surface area contributed by atoms with Crippen LogP contribution in [0, 0.1) is 35.2 Å². The first-order valence-corrected chi connectivity index (χ1v) is 6.47. The minimum atomic E-state index is -1.36. The Morgan fingerprint density at radius 2 is 1.67 bits per heavy atom. The van der Waals surface area contributed by atoms with E-state index in [2.05, 4.69) is 5.32 Å². The minimum Gasteiger partial charge on any atom is -0.481 e. The number of carboxylic acids is 1. The Morgan fingerprint density at radius 3 is 2.29 bits per heavy atom. The summed E-state index contributed by atoms with van der Waals surface area (Å²) in [5.74, 6) is -7.17. The van der Waals surface area contributed by atoms with Gasteiger partial charge in [0.15, 0.2) is 11.6 Å². The lowest BCUT2D eigenvalue weighted by atomic mass is 9.95. The molecule has 21 heavy (non-hydrogen) atoms. The maximum Gasteiger partial charge on any atom is 0.307 e. The molecular formula is C14H14F3NO3. The SMILES string of the molecule is CC1CC(C(=O)O)C(C(=O)Nc2cc(F)c(F)cc2F)C1. The van der Waals surface area contributed by atoms with E-state index < -0.39 is 46.9 Å². The molecule has 1 aromatic rings. The summed E-state index contributed by atoms with van der Waals surface area (Å²) in [6, 6.07) is 0.869. The summed E-state index contributed by atoms with van der Waals surface area (Å²) in [6.45, 7) is 1.82. The van der Waals surface area contributed by atoms with Crippen LogP contribution in [0.1, 0.15) is 19.8 Å². The van der Waals surface area contributed by atoms with Crippen molar-refractivity contribution in [2.45, 2.75) is 19.8 Å². The second-order valence-electron chi connectivity index (χ2n) is 5.36. The Bertz CT molecular complexity index is 591. The van der Waals surface area contributed by atoms with E-state index in [1.54, 1.807) is 0 Å². The smallest absolute Gasteiger partial charge is 0.307 e. The highest BCUT2D eigenvalue weighted by molar-refractivity contribution is 5.95. The van der Waals surface area contributed by atoms with E-state index in [1.807, 2.05) is 6.92 Å².